The molecule has 6 nitrogen and oxygen atoms in total. The third kappa shape index (κ3) is 4.90. The van der Waals surface area contributed by atoms with Gasteiger partial charge in [-0.05, 0) is 48.3 Å². The molecule has 2 aliphatic heterocycles. The van der Waals surface area contributed by atoms with Gasteiger partial charge in [0.05, 0.1) is 12.0 Å². The first-order valence-electron chi connectivity index (χ1n) is 12.6. The van der Waals surface area contributed by atoms with Crippen LogP contribution in [-0.2, 0) is 25.5 Å². The van der Waals surface area contributed by atoms with Crippen molar-refractivity contribution in [3.63, 3.8) is 0 Å². The van der Waals surface area contributed by atoms with E-state index in [4.69, 9.17) is 4.74 Å². The quantitative estimate of drug-likeness (QED) is 0.385. The number of carbonyl (C=O) groups excluding carboxylic acids is 3. The van der Waals surface area contributed by atoms with Gasteiger partial charge in [0.1, 0.15) is 0 Å². The van der Waals surface area contributed by atoms with Crippen LogP contribution < -0.4 is 5.32 Å². The van der Waals surface area contributed by atoms with Gasteiger partial charge in [-0.2, -0.15) is 0 Å². The molecule has 1 aromatic carbocycles. The van der Waals surface area contributed by atoms with Crippen molar-refractivity contribution in [3.8, 4) is 0 Å². The lowest BCUT2D eigenvalue weighted by molar-refractivity contribution is -0.177. The number of aliphatic hydroxyl groups is 1. The lowest BCUT2D eigenvalue weighted by Crippen LogP contribution is -2.60. The minimum Gasteiger partial charge on any atom is -0.444 e. The van der Waals surface area contributed by atoms with Gasteiger partial charge in [-0.1, -0.05) is 75.8 Å². The molecule has 35 heavy (non-hydrogen) atoms. The lowest BCUT2D eigenvalue weighted by Gasteiger charge is -2.45. The number of ketones is 1. The summed E-state index contributed by atoms with van der Waals surface area (Å²) in [5, 5.41) is 13.3. The Balaban J connectivity index is 1.79. The maximum atomic E-state index is 13.7. The zero-order chi connectivity index (χ0) is 25.2. The summed E-state index contributed by atoms with van der Waals surface area (Å²) in [7, 11) is 0. The fourth-order valence-electron chi connectivity index (χ4n) is 5.91. The van der Waals surface area contributed by atoms with Crippen molar-refractivity contribution >= 4 is 17.7 Å². The predicted molar refractivity (Wildman–Crippen MR) is 133 cm³/mol. The summed E-state index contributed by atoms with van der Waals surface area (Å²) in [4.78, 5) is 40.2. The Bertz CT molecular complexity index is 1040. The van der Waals surface area contributed by atoms with E-state index in [9.17, 15) is 19.5 Å². The van der Waals surface area contributed by atoms with Gasteiger partial charge in [0, 0.05) is 18.0 Å². The number of amides is 1. The third-order valence-corrected chi connectivity index (χ3v) is 7.84. The highest BCUT2D eigenvalue weighted by Crippen LogP contribution is 2.51. The molecule has 1 aliphatic carbocycles. The molecule has 3 aliphatic rings. The smallest absolute Gasteiger partial charge is 0.331 e. The van der Waals surface area contributed by atoms with Crippen molar-refractivity contribution in [1.29, 1.82) is 0 Å². The van der Waals surface area contributed by atoms with Crippen LogP contribution >= 0.6 is 0 Å². The Hall–Kier alpha value is -2.99. The number of Topliss-reactive ketones (excluding diaryl/α,β-unsaturated/α-hetero) is 1. The number of aliphatic hydroxyl groups excluding tert-OH is 1. The predicted octanol–water partition coefficient (Wildman–Crippen LogP) is 3.70. The van der Waals surface area contributed by atoms with Gasteiger partial charge in [0.2, 0.25) is 5.60 Å². The molecule has 2 N–H and O–H groups in total. The Morgan fingerprint density at radius 2 is 1.86 bits per heavy atom. The average molecular weight is 478 g/mol. The molecule has 1 saturated heterocycles. The summed E-state index contributed by atoms with van der Waals surface area (Å²) in [6.45, 7) is 8.09. The molecule has 2 unspecified atom stereocenters. The third-order valence-electron chi connectivity index (χ3n) is 7.84. The maximum Gasteiger partial charge on any atom is 0.331 e. The van der Waals surface area contributed by atoms with E-state index >= 15 is 0 Å². The van der Waals surface area contributed by atoms with E-state index in [0.717, 1.165) is 24.8 Å². The van der Waals surface area contributed by atoms with Crippen LogP contribution in [0.4, 0.5) is 0 Å². The number of hydrogen-bond acceptors (Lipinski definition) is 5. The first-order chi connectivity index (χ1) is 16.7. The summed E-state index contributed by atoms with van der Waals surface area (Å²) < 4.78 is 5.99. The molecular weight excluding hydrogens is 442 g/mol. The highest BCUT2D eigenvalue weighted by molar-refractivity contribution is 6.07. The van der Waals surface area contributed by atoms with E-state index in [1.807, 2.05) is 43.3 Å². The molecule has 1 aromatic rings. The molecule has 0 bridgehead atoms. The summed E-state index contributed by atoms with van der Waals surface area (Å²) in [6, 6.07) is 9.47. The topological polar surface area (TPSA) is 92.7 Å². The highest BCUT2D eigenvalue weighted by Gasteiger charge is 2.68. The molecule has 4 rings (SSSR count). The van der Waals surface area contributed by atoms with Gasteiger partial charge in [0.15, 0.2) is 5.78 Å². The largest absolute Gasteiger partial charge is 0.444 e. The van der Waals surface area contributed by atoms with E-state index in [1.54, 1.807) is 6.08 Å². The number of hydrogen-bond donors (Lipinski definition) is 2. The standard InChI is InChI=1S/C29H35NO5/c1-18-9-7-13-22(31)15-16-25(32)35-29-23(14-8-10-18)27(33)20(3)19(2)26(29)24(30-28(29)34)17-21-11-5-4-6-12-21/h4-6,8,11-12,14-16,18-19,22-24,26,31H,3,7,9-10,13,17H2,1-2H3,(H,30,34)/b14-8-,16-15-/t18-,19-,22-,23+,24+,26?,29?/m1/s1. The molecular formula is C29H35NO5. The maximum absolute atomic E-state index is 13.7. The number of allylic oxidation sites excluding steroid dienone is 2. The SMILES string of the molecule is C=C1C(=O)[C@@H]2/C=C\C[C@H](C)CCC[C@@H](O)/C=C\C(=O)OC23C(=O)N[C@@H](Cc2ccccc2)C3[C@@H]1C. The Morgan fingerprint density at radius 3 is 2.60 bits per heavy atom. The van der Waals surface area contributed by atoms with Gasteiger partial charge in [0.25, 0.3) is 5.91 Å². The molecule has 2 fully saturated rings. The molecule has 2 heterocycles. The lowest BCUT2D eigenvalue weighted by atomic mass is 9.60. The summed E-state index contributed by atoms with van der Waals surface area (Å²) in [6.07, 6.45) is 9.06. The second-order valence-corrected chi connectivity index (χ2v) is 10.3. The number of rotatable bonds is 2. The normalized spacial score (nSPS) is 37.9. The zero-order valence-electron chi connectivity index (χ0n) is 20.5. The van der Waals surface area contributed by atoms with Crippen molar-refractivity contribution in [3.05, 3.63) is 72.4 Å². The van der Waals surface area contributed by atoms with E-state index in [-0.39, 0.29) is 17.7 Å². The van der Waals surface area contributed by atoms with Crippen LogP contribution in [0.25, 0.3) is 0 Å². The van der Waals surface area contributed by atoms with Crippen LogP contribution in [0.2, 0.25) is 0 Å². The molecule has 1 amide bonds. The number of ether oxygens (including phenoxy) is 1. The van der Waals surface area contributed by atoms with Crippen molar-refractivity contribution in [1.82, 2.24) is 5.32 Å². The Labute approximate surface area is 207 Å². The van der Waals surface area contributed by atoms with Crippen LogP contribution in [-0.4, -0.2) is 40.5 Å². The van der Waals surface area contributed by atoms with Gasteiger partial charge >= 0.3 is 5.97 Å². The molecule has 186 valence electrons. The van der Waals surface area contributed by atoms with Gasteiger partial charge in [-0.3, -0.25) is 9.59 Å². The first-order valence-corrected chi connectivity index (χ1v) is 12.6. The van der Waals surface area contributed by atoms with E-state index in [1.165, 1.54) is 12.2 Å². The van der Waals surface area contributed by atoms with Crippen molar-refractivity contribution < 1.29 is 24.2 Å². The van der Waals surface area contributed by atoms with E-state index in [2.05, 4.69) is 18.8 Å². The highest BCUT2D eigenvalue weighted by atomic mass is 16.6. The first kappa shape index (κ1) is 25.1. The number of carbonyl (C=O) groups is 3. The number of benzene rings is 1. The second kappa shape index (κ2) is 10.3. The van der Waals surface area contributed by atoms with Crippen LogP contribution in [0, 0.1) is 23.7 Å². The Morgan fingerprint density at radius 1 is 1.11 bits per heavy atom. The molecule has 0 radical (unpaired) electrons. The van der Waals surface area contributed by atoms with Crippen molar-refractivity contribution in [2.75, 3.05) is 0 Å². The molecule has 6 heteroatoms. The fourth-order valence-corrected chi connectivity index (χ4v) is 5.91. The van der Waals surface area contributed by atoms with Crippen LogP contribution in [0.15, 0.2) is 66.8 Å². The van der Waals surface area contributed by atoms with Crippen LogP contribution in [0.5, 0.6) is 0 Å². The van der Waals surface area contributed by atoms with Gasteiger partial charge < -0.3 is 15.2 Å². The van der Waals surface area contributed by atoms with Gasteiger partial charge in [-0.15, -0.1) is 0 Å². The molecule has 1 spiro atoms. The average Bonchev–Trinajstić information content (AvgIpc) is 3.09. The number of esters is 1. The van der Waals surface area contributed by atoms with Gasteiger partial charge in [-0.25, -0.2) is 4.79 Å². The van der Waals surface area contributed by atoms with Crippen molar-refractivity contribution in [2.24, 2.45) is 23.7 Å². The second-order valence-electron chi connectivity index (χ2n) is 10.3. The molecule has 7 atom stereocenters. The minimum atomic E-state index is -1.67. The van der Waals surface area contributed by atoms with Crippen LogP contribution in [0.1, 0.15) is 45.1 Å². The molecule has 0 aromatic heterocycles. The summed E-state index contributed by atoms with van der Waals surface area (Å²) >= 11 is 0. The van der Waals surface area contributed by atoms with Crippen LogP contribution in [0.3, 0.4) is 0 Å². The molecule has 1 saturated carbocycles. The number of nitrogens with one attached hydrogen (secondary N) is 1. The fraction of sp³-hybridized carbons (Fsp3) is 0.483. The Kier molecular flexibility index (Phi) is 7.41. The summed E-state index contributed by atoms with van der Waals surface area (Å²) in [5.74, 6) is -2.88. The van der Waals surface area contributed by atoms with Crippen molar-refractivity contribution in [2.45, 2.75) is 63.7 Å². The zero-order valence-corrected chi connectivity index (χ0v) is 20.5. The minimum absolute atomic E-state index is 0.267. The van der Waals surface area contributed by atoms with E-state index < -0.39 is 35.4 Å². The monoisotopic (exact) mass is 477 g/mol. The van der Waals surface area contributed by atoms with E-state index in [0.29, 0.717) is 24.3 Å². The summed E-state index contributed by atoms with van der Waals surface area (Å²) in [5.41, 5.74) is -0.181.